The van der Waals surface area contributed by atoms with Gasteiger partial charge in [0.2, 0.25) is 0 Å². The fraction of sp³-hybridized carbons (Fsp3) is 0.455. The molecule has 2 nitrogen and oxygen atoms in total. The maximum absolute atomic E-state index is 5.06. The van der Waals surface area contributed by atoms with Crippen LogP contribution in [0.5, 0.6) is 5.75 Å². The van der Waals surface area contributed by atoms with Gasteiger partial charge in [-0.1, -0.05) is 32.0 Å². The summed E-state index contributed by atoms with van der Waals surface area (Å²) in [6.07, 6.45) is 1.02. The molecule has 0 radical (unpaired) electrons. The Morgan fingerprint density at radius 3 is 2.46 bits per heavy atom. The van der Waals surface area contributed by atoms with Crippen LogP contribution in [0.3, 0.4) is 0 Å². The molecule has 0 saturated carbocycles. The fourth-order valence-corrected chi connectivity index (χ4v) is 0.870. The average molecular weight is 180 g/mol. The van der Waals surface area contributed by atoms with Crippen LogP contribution in [0.4, 0.5) is 0 Å². The molecule has 0 aromatic heterocycles. The van der Waals surface area contributed by atoms with Crippen LogP contribution in [0.2, 0.25) is 0 Å². The van der Waals surface area contributed by atoms with Crippen LogP contribution in [0.25, 0.3) is 0 Å². The minimum Gasteiger partial charge on any atom is -0.338 e. The molecular weight excluding hydrogens is 164 g/mol. The molecular formula is C11H16O2. The van der Waals surface area contributed by atoms with E-state index in [-0.39, 0.29) is 0 Å². The Labute approximate surface area is 79.4 Å². The third kappa shape index (κ3) is 4.53. The number of hydrogen-bond donors (Lipinski definition) is 0. The van der Waals surface area contributed by atoms with Crippen LogP contribution >= 0.6 is 0 Å². The first-order valence-corrected chi connectivity index (χ1v) is 4.63. The summed E-state index contributed by atoms with van der Waals surface area (Å²) in [5.74, 6) is 1.41. The highest BCUT2D eigenvalue weighted by Gasteiger charge is 1.95. The van der Waals surface area contributed by atoms with E-state index in [0.717, 1.165) is 12.2 Å². The van der Waals surface area contributed by atoms with Crippen LogP contribution in [-0.4, -0.2) is 6.61 Å². The van der Waals surface area contributed by atoms with Gasteiger partial charge in [-0.3, -0.25) is 0 Å². The second-order valence-electron chi connectivity index (χ2n) is 3.40. The van der Waals surface area contributed by atoms with Crippen LogP contribution < -0.4 is 4.89 Å². The van der Waals surface area contributed by atoms with Gasteiger partial charge in [0.25, 0.3) is 0 Å². The van der Waals surface area contributed by atoms with Crippen molar-refractivity contribution >= 4 is 0 Å². The summed E-state index contributed by atoms with van der Waals surface area (Å²) in [5, 5.41) is 0. The predicted molar refractivity (Wildman–Crippen MR) is 52.5 cm³/mol. The molecule has 0 heterocycles. The quantitative estimate of drug-likeness (QED) is 0.394. The molecule has 0 atom stereocenters. The first kappa shape index (κ1) is 10.1. The summed E-state index contributed by atoms with van der Waals surface area (Å²) in [7, 11) is 0. The Bertz CT molecular complexity index is 219. The maximum atomic E-state index is 5.06. The van der Waals surface area contributed by atoms with Gasteiger partial charge in [-0.2, -0.15) is 4.89 Å². The van der Waals surface area contributed by atoms with Gasteiger partial charge in [-0.05, 0) is 24.5 Å². The van der Waals surface area contributed by atoms with Crippen molar-refractivity contribution in [1.29, 1.82) is 0 Å². The number of benzene rings is 1. The number of hydrogen-bond acceptors (Lipinski definition) is 2. The zero-order valence-corrected chi connectivity index (χ0v) is 8.19. The lowest BCUT2D eigenvalue weighted by molar-refractivity contribution is -0.208. The molecule has 1 aromatic rings. The maximum Gasteiger partial charge on any atom is 0.165 e. The molecule has 13 heavy (non-hydrogen) atoms. The van der Waals surface area contributed by atoms with E-state index in [1.54, 1.807) is 0 Å². The minimum atomic E-state index is 0.645. The van der Waals surface area contributed by atoms with Crippen molar-refractivity contribution in [3.63, 3.8) is 0 Å². The molecule has 0 N–H and O–H groups in total. The zero-order valence-electron chi connectivity index (χ0n) is 8.19. The summed E-state index contributed by atoms with van der Waals surface area (Å²) < 4.78 is 0. The smallest absolute Gasteiger partial charge is 0.165 e. The molecule has 0 spiro atoms. The third-order valence-electron chi connectivity index (χ3n) is 1.68. The first-order valence-electron chi connectivity index (χ1n) is 4.63. The van der Waals surface area contributed by atoms with Crippen molar-refractivity contribution in [2.45, 2.75) is 20.3 Å². The SMILES string of the molecule is CC(C)CCOOc1ccccc1. The standard InChI is InChI=1S/C11H16O2/c1-10(2)8-9-12-13-11-6-4-3-5-7-11/h3-7,10H,8-9H2,1-2H3. The second-order valence-corrected chi connectivity index (χ2v) is 3.40. The summed E-state index contributed by atoms with van der Waals surface area (Å²) in [4.78, 5) is 10.1. The first-order chi connectivity index (χ1) is 6.29. The highest BCUT2D eigenvalue weighted by Crippen LogP contribution is 2.09. The molecule has 0 aliphatic rings. The second kappa shape index (κ2) is 5.60. The minimum absolute atomic E-state index is 0.645. The van der Waals surface area contributed by atoms with E-state index in [0.29, 0.717) is 12.5 Å². The highest BCUT2D eigenvalue weighted by atomic mass is 17.2. The monoisotopic (exact) mass is 180 g/mol. The van der Waals surface area contributed by atoms with Crippen molar-refractivity contribution in [3.8, 4) is 5.75 Å². The third-order valence-corrected chi connectivity index (χ3v) is 1.68. The summed E-state index contributed by atoms with van der Waals surface area (Å²) in [5.41, 5.74) is 0. The predicted octanol–water partition coefficient (Wildman–Crippen LogP) is 3.04. The number of para-hydroxylation sites is 1. The van der Waals surface area contributed by atoms with Crippen molar-refractivity contribution < 1.29 is 9.78 Å². The van der Waals surface area contributed by atoms with Crippen molar-refractivity contribution in [2.75, 3.05) is 6.61 Å². The van der Waals surface area contributed by atoms with E-state index >= 15 is 0 Å². The lowest BCUT2D eigenvalue weighted by Gasteiger charge is -2.05. The molecule has 0 aliphatic heterocycles. The molecule has 1 rings (SSSR count). The van der Waals surface area contributed by atoms with Gasteiger partial charge in [0.15, 0.2) is 5.75 Å². The lowest BCUT2D eigenvalue weighted by Crippen LogP contribution is -2.02. The summed E-state index contributed by atoms with van der Waals surface area (Å²) in [6, 6.07) is 9.52. The number of rotatable bonds is 5. The van der Waals surface area contributed by atoms with Gasteiger partial charge in [-0.15, -0.1) is 0 Å². The Morgan fingerprint density at radius 1 is 1.15 bits per heavy atom. The topological polar surface area (TPSA) is 18.5 Å². The average Bonchev–Trinajstić information content (AvgIpc) is 2.14. The Kier molecular flexibility index (Phi) is 4.33. The molecule has 0 aliphatic carbocycles. The van der Waals surface area contributed by atoms with E-state index in [9.17, 15) is 0 Å². The molecule has 0 saturated heterocycles. The molecule has 72 valence electrons. The van der Waals surface area contributed by atoms with E-state index in [1.807, 2.05) is 30.3 Å². The lowest BCUT2D eigenvalue weighted by atomic mass is 10.1. The van der Waals surface area contributed by atoms with Gasteiger partial charge in [0.1, 0.15) is 0 Å². The Hall–Kier alpha value is -1.02. The highest BCUT2D eigenvalue weighted by molar-refractivity contribution is 5.20. The molecule has 0 unspecified atom stereocenters. The van der Waals surface area contributed by atoms with E-state index in [4.69, 9.17) is 9.78 Å². The van der Waals surface area contributed by atoms with Crippen molar-refractivity contribution in [1.82, 2.24) is 0 Å². The van der Waals surface area contributed by atoms with Crippen LogP contribution in [0.1, 0.15) is 20.3 Å². The Morgan fingerprint density at radius 2 is 1.85 bits per heavy atom. The zero-order chi connectivity index (χ0) is 9.52. The Balaban J connectivity index is 2.13. The van der Waals surface area contributed by atoms with Crippen molar-refractivity contribution in [2.24, 2.45) is 5.92 Å². The van der Waals surface area contributed by atoms with E-state index < -0.39 is 0 Å². The summed E-state index contributed by atoms with van der Waals surface area (Å²) in [6.45, 7) is 4.96. The van der Waals surface area contributed by atoms with Gasteiger partial charge >= 0.3 is 0 Å². The largest absolute Gasteiger partial charge is 0.338 e. The van der Waals surface area contributed by atoms with E-state index in [2.05, 4.69) is 13.8 Å². The normalized spacial score (nSPS) is 10.4. The van der Waals surface area contributed by atoms with Crippen LogP contribution in [-0.2, 0) is 4.89 Å². The molecule has 0 amide bonds. The van der Waals surface area contributed by atoms with Gasteiger partial charge in [0, 0.05) is 0 Å². The van der Waals surface area contributed by atoms with Gasteiger partial charge < -0.3 is 4.89 Å². The molecule has 1 aromatic carbocycles. The van der Waals surface area contributed by atoms with Crippen molar-refractivity contribution in [3.05, 3.63) is 30.3 Å². The van der Waals surface area contributed by atoms with Crippen LogP contribution in [0.15, 0.2) is 30.3 Å². The molecule has 2 heteroatoms. The van der Waals surface area contributed by atoms with Gasteiger partial charge in [0.05, 0.1) is 6.61 Å². The molecule has 0 fully saturated rings. The van der Waals surface area contributed by atoms with Crippen LogP contribution in [0, 0.1) is 5.92 Å². The van der Waals surface area contributed by atoms with E-state index in [1.165, 1.54) is 0 Å². The molecule has 0 bridgehead atoms. The van der Waals surface area contributed by atoms with Gasteiger partial charge in [-0.25, -0.2) is 0 Å². The summed E-state index contributed by atoms with van der Waals surface area (Å²) >= 11 is 0. The fourth-order valence-electron chi connectivity index (χ4n) is 0.870.